The van der Waals surface area contributed by atoms with Crippen molar-refractivity contribution in [1.29, 1.82) is 0 Å². The van der Waals surface area contributed by atoms with Gasteiger partial charge in [0.1, 0.15) is 0 Å². The third kappa shape index (κ3) is 4.30. The zero-order chi connectivity index (χ0) is 21.6. The third-order valence-corrected chi connectivity index (χ3v) is 5.34. The van der Waals surface area contributed by atoms with Crippen molar-refractivity contribution in [2.24, 2.45) is 5.14 Å². The molecule has 3 aromatic rings. The van der Waals surface area contributed by atoms with Crippen LogP contribution in [-0.4, -0.2) is 8.42 Å². The largest absolute Gasteiger partial charge is 0.416 e. The highest BCUT2D eigenvalue weighted by Crippen LogP contribution is 2.38. The molecule has 0 saturated heterocycles. The molecule has 0 bridgehead atoms. The molecule has 9 heteroatoms. The van der Waals surface area contributed by atoms with Gasteiger partial charge in [-0.05, 0) is 65.1 Å². The van der Waals surface area contributed by atoms with E-state index in [1.54, 1.807) is 0 Å². The van der Waals surface area contributed by atoms with Gasteiger partial charge >= 0.3 is 6.18 Å². The molecule has 0 unspecified atom stereocenters. The summed E-state index contributed by atoms with van der Waals surface area (Å²) in [6.07, 6.45) is -4.62. The standard InChI is InChI=1S/C20H14F5NO2S/c1-11-2-3-13(8-17(11)20(23,24)25)16-10-19(22)18(21)9-15(16)12-4-6-14(7-5-12)29(26,27)28/h2-10H,1H3,(H2,26,27,28). The second-order valence-electron chi connectivity index (χ2n) is 6.41. The smallest absolute Gasteiger partial charge is 0.225 e. The first-order valence-corrected chi connectivity index (χ1v) is 9.73. The number of aryl methyl sites for hydroxylation is 1. The summed E-state index contributed by atoms with van der Waals surface area (Å²) in [6, 6.07) is 10.1. The summed E-state index contributed by atoms with van der Waals surface area (Å²) in [5.41, 5.74) is -0.467. The minimum absolute atomic E-state index is 0.0112. The highest BCUT2D eigenvalue weighted by molar-refractivity contribution is 7.89. The van der Waals surface area contributed by atoms with E-state index < -0.39 is 33.4 Å². The lowest BCUT2D eigenvalue weighted by molar-refractivity contribution is -0.138. The van der Waals surface area contributed by atoms with Crippen LogP contribution in [0.1, 0.15) is 11.1 Å². The lowest BCUT2D eigenvalue weighted by Crippen LogP contribution is -2.11. The Kier molecular flexibility index (Phi) is 5.22. The average molecular weight is 427 g/mol. The fourth-order valence-electron chi connectivity index (χ4n) is 2.94. The van der Waals surface area contributed by atoms with Crippen LogP contribution in [-0.2, 0) is 16.2 Å². The van der Waals surface area contributed by atoms with Gasteiger partial charge in [0.15, 0.2) is 11.6 Å². The van der Waals surface area contributed by atoms with Gasteiger partial charge < -0.3 is 0 Å². The molecule has 152 valence electrons. The number of sulfonamides is 1. The maximum absolute atomic E-state index is 13.9. The average Bonchev–Trinajstić information content (AvgIpc) is 2.62. The fraction of sp³-hybridized carbons (Fsp3) is 0.100. The fourth-order valence-corrected chi connectivity index (χ4v) is 3.46. The molecule has 3 rings (SSSR count). The van der Waals surface area contributed by atoms with Gasteiger partial charge in [-0.25, -0.2) is 22.3 Å². The predicted molar refractivity (Wildman–Crippen MR) is 98.3 cm³/mol. The minimum Gasteiger partial charge on any atom is -0.225 e. The summed E-state index contributed by atoms with van der Waals surface area (Å²) in [5, 5.41) is 5.04. The molecule has 0 saturated carbocycles. The first-order chi connectivity index (χ1) is 13.4. The molecule has 0 radical (unpaired) electrons. The van der Waals surface area contributed by atoms with E-state index in [9.17, 15) is 30.4 Å². The summed E-state index contributed by atoms with van der Waals surface area (Å²) in [7, 11) is -3.96. The van der Waals surface area contributed by atoms with Crippen LogP contribution in [0.25, 0.3) is 22.3 Å². The van der Waals surface area contributed by atoms with Crippen LogP contribution in [0, 0.1) is 18.6 Å². The molecule has 2 N–H and O–H groups in total. The molecule has 29 heavy (non-hydrogen) atoms. The van der Waals surface area contributed by atoms with E-state index in [2.05, 4.69) is 0 Å². The molecule has 0 amide bonds. The summed E-state index contributed by atoms with van der Waals surface area (Å²) in [6.45, 7) is 1.30. The van der Waals surface area contributed by atoms with E-state index in [4.69, 9.17) is 5.14 Å². The molecule has 0 aliphatic rings. The van der Waals surface area contributed by atoms with E-state index in [0.29, 0.717) is 0 Å². The van der Waals surface area contributed by atoms with E-state index >= 15 is 0 Å². The number of hydrogen-bond acceptors (Lipinski definition) is 2. The van der Waals surface area contributed by atoms with Gasteiger partial charge in [-0.3, -0.25) is 0 Å². The molecule has 3 nitrogen and oxygen atoms in total. The van der Waals surface area contributed by atoms with E-state index in [1.807, 2.05) is 0 Å². The van der Waals surface area contributed by atoms with E-state index in [-0.39, 0.29) is 32.7 Å². The summed E-state index contributed by atoms with van der Waals surface area (Å²) < 4.78 is 90.4. The highest BCUT2D eigenvalue weighted by Gasteiger charge is 2.32. The van der Waals surface area contributed by atoms with Crippen molar-refractivity contribution in [3.05, 3.63) is 77.4 Å². The number of halogens is 5. The van der Waals surface area contributed by atoms with Crippen LogP contribution in [0.2, 0.25) is 0 Å². The number of primary sulfonamides is 1. The van der Waals surface area contributed by atoms with Gasteiger partial charge in [0.25, 0.3) is 0 Å². The Morgan fingerprint density at radius 1 is 0.793 bits per heavy atom. The van der Waals surface area contributed by atoms with Crippen molar-refractivity contribution in [3.8, 4) is 22.3 Å². The molecule has 0 aliphatic carbocycles. The summed E-state index contributed by atoms with van der Waals surface area (Å²) >= 11 is 0. The van der Waals surface area contributed by atoms with Crippen LogP contribution < -0.4 is 5.14 Å². The minimum atomic E-state index is -4.62. The molecular weight excluding hydrogens is 413 g/mol. The topological polar surface area (TPSA) is 60.2 Å². The maximum atomic E-state index is 13.9. The van der Waals surface area contributed by atoms with Crippen molar-refractivity contribution < 1.29 is 30.4 Å². The number of alkyl halides is 3. The molecule has 0 aliphatic heterocycles. The lowest BCUT2D eigenvalue weighted by Gasteiger charge is -2.15. The van der Waals surface area contributed by atoms with E-state index in [1.165, 1.54) is 43.3 Å². The van der Waals surface area contributed by atoms with Gasteiger partial charge in [0.05, 0.1) is 10.5 Å². The number of benzene rings is 3. The Balaban J connectivity index is 2.23. The van der Waals surface area contributed by atoms with Crippen molar-refractivity contribution in [1.82, 2.24) is 0 Å². The summed E-state index contributed by atoms with van der Waals surface area (Å²) in [5.74, 6) is -2.42. The number of rotatable bonds is 3. The monoisotopic (exact) mass is 427 g/mol. The molecule has 0 fully saturated rings. The van der Waals surface area contributed by atoms with Gasteiger partial charge in [-0.1, -0.05) is 24.3 Å². The van der Waals surface area contributed by atoms with Crippen LogP contribution in [0.3, 0.4) is 0 Å². The van der Waals surface area contributed by atoms with Gasteiger partial charge in [0, 0.05) is 0 Å². The normalized spacial score (nSPS) is 12.2. The van der Waals surface area contributed by atoms with Crippen molar-refractivity contribution in [2.75, 3.05) is 0 Å². The van der Waals surface area contributed by atoms with Crippen LogP contribution in [0.5, 0.6) is 0 Å². The second-order valence-corrected chi connectivity index (χ2v) is 7.97. The highest BCUT2D eigenvalue weighted by atomic mass is 32.2. The quantitative estimate of drug-likeness (QED) is 0.579. The third-order valence-electron chi connectivity index (χ3n) is 4.41. The Hall–Kier alpha value is -2.78. The first kappa shape index (κ1) is 20.9. The lowest BCUT2D eigenvalue weighted by atomic mass is 9.92. The Morgan fingerprint density at radius 3 is 1.76 bits per heavy atom. The summed E-state index contributed by atoms with van der Waals surface area (Å²) in [4.78, 5) is -0.194. The number of nitrogens with two attached hydrogens (primary N) is 1. The zero-order valence-corrected chi connectivity index (χ0v) is 15.7. The Morgan fingerprint density at radius 2 is 1.28 bits per heavy atom. The van der Waals surface area contributed by atoms with Crippen LogP contribution in [0.15, 0.2) is 59.5 Å². The molecule has 0 heterocycles. The molecule has 3 aromatic carbocycles. The Labute approximate surface area is 163 Å². The van der Waals surface area contributed by atoms with Gasteiger partial charge in [-0.2, -0.15) is 13.2 Å². The Bertz CT molecular complexity index is 1190. The van der Waals surface area contributed by atoms with Crippen molar-refractivity contribution in [3.63, 3.8) is 0 Å². The SMILES string of the molecule is Cc1ccc(-c2cc(F)c(F)cc2-c2ccc(S(N)(=O)=O)cc2)cc1C(F)(F)F. The molecule has 0 atom stereocenters. The molecule has 0 aromatic heterocycles. The maximum Gasteiger partial charge on any atom is 0.416 e. The van der Waals surface area contributed by atoms with Gasteiger partial charge in [0.2, 0.25) is 10.0 Å². The second kappa shape index (κ2) is 7.23. The van der Waals surface area contributed by atoms with Crippen LogP contribution in [0.4, 0.5) is 22.0 Å². The molecule has 0 spiro atoms. The zero-order valence-electron chi connectivity index (χ0n) is 14.9. The number of hydrogen-bond donors (Lipinski definition) is 1. The van der Waals surface area contributed by atoms with Gasteiger partial charge in [-0.15, -0.1) is 0 Å². The van der Waals surface area contributed by atoms with Crippen molar-refractivity contribution >= 4 is 10.0 Å². The van der Waals surface area contributed by atoms with E-state index in [0.717, 1.165) is 18.2 Å². The van der Waals surface area contributed by atoms with Crippen LogP contribution >= 0.6 is 0 Å². The first-order valence-electron chi connectivity index (χ1n) is 8.18. The van der Waals surface area contributed by atoms with Crippen molar-refractivity contribution in [2.45, 2.75) is 18.0 Å². The molecular formula is C20H14F5NO2S. The predicted octanol–water partition coefficient (Wildman–Crippen LogP) is 5.27.